The van der Waals surface area contributed by atoms with E-state index in [1.807, 2.05) is 78.9 Å². The van der Waals surface area contributed by atoms with Crippen LogP contribution in [0.5, 0.6) is 0 Å². The zero-order valence-electron chi connectivity index (χ0n) is 16.6. The second kappa shape index (κ2) is 9.49. The average Bonchev–Trinajstić information content (AvgIpc) is 3.33. The minimum Gasteiger partial charge on any atom is -0.355 e. The lowest BCUT2D eigenvalue weighted by Crippen LogP contribution is -2.39. The highest BCUT2D eigenvalue weighted by molar-refractivity contribution is 5.95. The van der Waals surface area contributed by atoms with Gasteiger partial charge in [-0.15, -0.1) is 0 Å². The van der Waals surface area contributed by atoms with Gasteiger partial charge in [-0.2, -0.15) is 0 Å². The van der Waals surface area contributed by atoms with Gasteiger partial charge in [-0.25, -0.2) is 0 Å². The molecule has 4 aromatic rings. The molecule has 2 N–H and O–H groups in total. The molecule has 0 fully saturated rings. The standard InChI is InChI=1S/C24H20N4O3/c29-22(27-23(18-11-5-2-6-12-18)19-13-7-8-14-25-19)16-26-24(30)20-15-21(31-28-20)17-9-3-1-4-10-17/h1-15,23H,16H2,(H,26,30)(H,27,29). The Morgan fingerprint density at radius 1 is 0.903 bits per heavy atom. The summed E-state index contributed by atoms with van der Waals surface area (Å²) in [6, 6.07) is 25.5. The molecule has 2 aromatic heterocycles. The van der Waals surface area contributed by atoms with Crippen LogP contribution in [0.25, 0.3) is 11.3 Å². The van der Waals surface area contributed by atoms with Crippen molar-refractivity contribution in [1.82, 2.24) is 20.8 Å². The zero-order valence-corrected chi connectivity index (χ0v) is 16.6. The van der Waals surface area contributed by atoms with Crippen LogP contribution in [0.15, 0.2) is 95.6 Å². The Balaban J connectivity index is 1.40. The molecule has 2 amide bonds. The first-order valence-corrected chi connectivity index (χ1v) is 9.76. The highest BCUT2D eigenvalue weighted by Crippen LogP contribution is 2.20. The van der Waals surface area contributed by atoms with E-state index < -0.39 is 11.9 Å². The number of amides is 2. The van der Waals surface area contributed by atoms with E-state index in [0.29, 0.717) is 11.5 Å². The van der Waals surface area contributed by atoms with Crippen LogP contribution in [0, 0.1) is 0 Å². The number of rotatable bonds is 7. The van der Waals surface area contributed by atoms with Crippen molar-refractivity contribution in [2.45, 2.75) is 6.04 Å². The molecular formula is C24H20N4O3. The minimum atomic E-state index is -0.491. The fraction of sp³-hybridized carbons (Fsp3) is 0.0833. The molecule has 2 heterocycles. The summed E-state index contributed by atoms with van der Waals surface area (Å²) in [5.74, 6) is -0.357. The molecule has 154 valence electrons. The van der Waals surface area contributed by atoms with Crippen molar-refractivity contribution in [3.8, 4) is 11.3 Å². The molecule has 7 nitrogen and oxygen atoms in total. The number of pyridine rings is 1. The number of carbonyl (C=O) groups is 2. The largest absolute Gasteiger partial charge is 0.355 e. The smallest absolute Gasteiger partial charge is 0.273 e. The molecule has 2 aromatic carbocycles. The molecule has 31 heavy (non-hydrogen) atoms. The first-order chi connectivity index (χ1) is 15.2. The Kier molecular flexibility index (Phi) is 6.13. The Morgan fingerprint density at radius 2 is 1.61 bits per heavy atom. The van der Waals surface area contributed by atoms with Crippen LogP contribution in [0.1, 0.15) is 27.8 Å². The lowest BCUT2D eigenvalue weighted by atomic mass is 10.0. The minimum absolute atomic E-state index is 0.107. The van der Waals surface area contributed by atoms with Crippen LogP contribution in [-0.2, 0) is 4.79 Å². The lowest BCUT2D eigenvalue weighted by molar-refractivity contribution is -0.120. The molecule has 0 aliphatic carbocycles. The summed E-state index contributed by atoms with van der Waals surface area (Å²) >= 11 is 0. The number of carbonyl (C=O) groups excluding carboxylic acids is 2. The van der Waals surface area contributed by atoms with E-state index in [4.69, 9.17) is 4.52 Å². The summed E-state index contributed by atoms with van der Waals surface area (Å²) in [5.41, 5.74) is 2.52. The van der Waals surface area contributed by atoms with E-state index in [1.165, 1.54) is 0 Å². The topological polar surface area (TPSA) is 97.1 Å². The van der Waals surface area contributed by atoms with Gasteiger partial charge in [0.15, 0.2) is 11.5 Å². The second-order valence-electron chi connectivity index (χ2n) is 6.79. The van der Waals surface area contributed by atoms with Gasteiger partial charge in [0.25, 0.3) is 5.91 Å². The first-order valence-electron chi connectivity index (χ1n) is 9.76. The molecule has 0 saturated heterocycles. The van der Waals surface area contributed by atoms with Gasteiger partial charge in [-0.3, -0.25) is 14.6 Å². The second-order valence-corrected chi connectivity index (χ2v) is 6.79. The molecular weight excluding hydrogens is 392 g/mol. The normalized spacial score (nSPS) is 11.5. The summed E-state index contributed by atoms with van der Waals surface area (Å²) in [6.45, 7) is -0.206. The molecule has 1 unspecified atom stereocenters. The summed E-state index contributed by atoms with van der Waals surface area (Å²) in [7, 11) is 0. The maximum atomic E-state index is 12.6. The molecule has 0 aliphatic rings. The molecule has 0 saturated carbocycles. The highest BCUT2D eigenvalue weighted by atomic mass is 16.5. The monoisotopic (exact) mass is 412 g/mol. The first kappa shape index (κ1) is 20.0. The Labute approximate surface area is 179 Å². The third kappa shape index (κ3) is 5.02. The van der Waals surface area contributed by atoms with Crippen LogP contribution in [-0.4, -0.2) is 28.5 Å². The Hall–Kier alpha value is -4.26. The van der Waals surface area contributed by atoms with Crippen molar-refractivity contribution in [2.24, 2.45) is 0 Å². The fourth-order valence-electron chi connectivity index (χ4n) is 3.10. The molecule has 4 rings (SSSR count). The van der Waals surface area contributed by atoms with Crippen LogP contribution >= 0.6 is 0 Å². The van der Waals surface area contributed by atoms with Crippen LogP contribution < -0.4 is 10.6 Å². The van der Waals surface area contributed by atoms with Gasteiger partial charge in [-0.05, 0) is 17.7 Å². The van der Waals surface area contributed by atoms with Crippen LogP contribution in [0.4, 0.5) is 0 Å². The van der Waals surface area contributed by atoms with E-state index in [0.717, 1.165) is 11.1 Å². The van der Waals surface area contributed by atoms with Crippen molar-refractivity contribution in [1.29, 1.82) is 0 Å². The van der Waals surface area contributed by atoms with Gasteiger partial charge >= 0.3 is 0 Å². The lowest BCUT2D eigenvalue weighted by Gasteiger charge is -2.19. The van der Waals surface area contributed by atoms with E-state index >= 15 is 0 Å². The van der Waals surface area contributed by atoms with Gasteiger partial charge in [0, 0.05) is 17.8 Å². The molecule has 7 heteroatoms. The summed E-state index contributed by atoms with van der Waals surface area (Å²) in [6.07, 6.45) is 1.67. The van der Waals surface area contributed by atoms with Gasteiger partial charge in [-0.1, -0.05) is 71.9 Å². The third-order valence-electron chi connectivity index (χ3n) is 4.63. The van der Waals surface area contributed by atoms with E-state index in [1.54, 1.807) is 12.3 Å². The van der Waals surface area contributed by atoms with Gasteiger partial charge in [0.2, 0.25) is 5.91 Å². The summed E-state index contributed by atoms with van der Waals surface area (Å²) in [4.78, 5) is 29.3. The zero-order chi connectivity index (χ0) is 21.5. The maximum Gasteiger partial charge on any atom is 0.273 e. The number of benzene rings is 2. The van der Waals surface area contributed by atoms with Crippen LogP contribution in [0.3, 0.4) is 0 Å². The van der Waals surface area contributed by atoms with Gasteiger partial charge < -0.3 is 15.2 Å². The number of hydrogen-bond donors (Lipinski definition) is 2. The molecule has 0 bridgehead atoms. The van der Waals surface area contributed by atoms with Crippen LogP contribution in [0.2, 0.25) is 0 Å². The number of hydrogen-bond acceptors (Lipinski definition) is 5. The third-order valence-corrected chi connectivity index (χ3v) is 4.63. The van der Waals surface area contributed by atoms with Crippen molar-refractivity contribution >= 4 is 11.8 Å². The SMILES string of the molecule is O=C(CNC(=O)c1cc(-c2ccccc2)on1)NC(c1ccccc1)c1ccccn1. The number of nitrogens with zero attached hydrogens (tertiary/aromatic N) is 2. The Bertz CT molecular complexity index is 1110. The summed E-state index contributed by atoms with van der Waals surface area (Å²) in [5, 5.41) is 9.30. The molecule has 0 aliphatic heterocycles. The van der Waals surface area contributed by atoms with Crippen molar-refractivity contribution < 1.29 is 14.1 Å². The summed E-state index contributed by atoms with van der Waals surface area (Å²) < 4.78 is 5.24. The van der Waals surface area contributed by atoms with E-state index in [9.17, 15) is 9.59 Å². The number of aromatic nitrogens is 2. The van der Waals surface area contributed by atoms with Gasteiger partial charge in [0.05, 0.1) is 18.3 Å². The van der Waals surface area contributed by atoms with Crippen molar-refractivity contribution in [3.05, 3.63) is 108 Å². The van der Waals surface area contributed by atoms with Crippen molar-refractivity contribution in [3.63, 3.8) is 0 Å². The van der Waals surface area contributed by atoms with E-state index in [2.05, 4.69) is 20.8 Å². The average molecular weight is 412 g/mol. The molecule has 0 radical (unpaired) electrons. The predicted molar refractivity (Wildman–Crippen MR) is 115 cm³/mol. The van der Waals surface area contributed by atoms with Gasteiger partial charge in [0.1, 0.15) is 0 Å². The fourth-order valence-corrected chi connectivity index (χ4v) is 3.10. The Morgan fingerprint density at radius 3 is 2.32 bits per heavy atom. The molecule has 0 spiro atoms. The van der Waals surface area contributed by atoms with E-state index in [-0.39, 0.29) is 18.1 Å². The molecule has 1 atom stereocenters. The highest BCUT2D eigenvalue weighted by Gasteiger charge is 2.19. The maximum absolute atomic E-state index is 12.6. The quantitative estimate of drug-likeness (QED) is 0.485. The predicted octanol–water partition coefficient (Wildman–Crippen LogP) is 3.37. The number of nitrogens with one attached hydrogen (secondary N) is 2. The van der Waals surface area contributed by atoms with Crippen molar-refractivity contribution in [2.75, 3.05) is 6.54 Å².